The maximum absolute atomic E-state index is 10.6. The first-order valence-electron chi connectivity index (χ1n) is 3.76. The summed E-state index contributed by atoms with van der Waals surface area (Å²) in [4.78, 5) is 14.4. The lowest BCUT2D eigenvalue weighted by atomic mass is 10.2. The molecule has 1 heterocycles. The number of nitrogens with two attached hydrogens (primary N) is 1. The van der Waals surface area contributed by atoms with Crippen LogP contribution < -0.4 is 10.5 Å². The number of aromatic nitrogens is 1. The predicted octanol–water partition coefficient (Wildman–Crippen LogP) is 0.117. The van der Waals surface area contributed by atoms with Crippen molar-refractivity contribution in [3.05, 3.63) is 24.0 Å². The van der Waals surface area contributed by atoms with Gasteiger partial charge in [-0.2, -0.15) is 0 Å². The van der Waals surface area contributed by atoms with Gasteiger partial charge in [0.05, 0.1) is 6.20 Å². The molecule has 0 saturated carbocycles. The van der Waals surface area contributed by atoms with E-state index in [0.717, 1.165) is 0 Å². The summed E-state index contributed by atoms with van der Waals surface area (Å²) in [6.07, 6.45) is 2.76. The Morgan fingerprint density at radius 1 is 1.69 bits per heavy atom. The molecule has 0 aromatic carbocycles. The van der Waals surface area contributed by atoms with Gasteiger partial charge in [0, 0.05) is 12.7 Å². The van der Waals surface area contributed by atoms with Crippen molar-refractivity contribution in [3.63, 3.8) is 0 Å². The molecule has 1 rings (SSSR count). The lowest BCUT2D eigenvalue weighted by Gasteiger charge is -2.05. The lowest BCUT2D eigenvalue weighted by Crippen LogP contribution is -2.12. The van der Waals surface area contributed by atoms with Crippen LogP contribution >= 0.6 is 0 Å². The highest BCUT2D eigenvalue weighted by molar-refractivity contribution is 5.90. The predicted molar refractivity (Wildman–Crippen MR) is 45.7 cm³/mol. The topological polar surface area (TPSA) is 85.4 Å². The number of ether oxygens (including phenoxy) is 1. The normalized spacial score (nSPS) is 9.62. The highest BCUT2D eigenvalue weighted by Gasteiger charge is 2.09. The summed E-state index contributed by atoms with van der Waals surface area (Å²) in [5.41, 5.74) is 5.31. The molecule has 0 atom stereocenters. The summed E-state index contributed by atoms with van der Waals surface area (Å²) in [6, 6.07) is 1.38. The van der Waals surface area contributed by atoms with Gasteiger partial charge in [0.2, 0.25) is 0 Å². The molecule has 3 N–H and O–H groups in total. The molecule has 0 unspecified atom stereocenters. The van der Waals surface area contributed by atoms with E-state index in [1.165, 1.54) is 18.5 Å². The standard InChI is InChI=1S/C8H10N2O3/c9-2-4-13-7-5-10-3-1-6(7)8(11)12/h1,3,5H,2,4,9H2,(H,11,12). The van der Waals surface area contributed by atoms with Gasteiger partial charge in [0.25, 0.3) is 0 Å². The second kappa shape index (κ2) is 4.42. The van der Waals surface area contributed by atoms with E-state index in [-0.39, 0.29) is 17.9 Å². The minimum atomic E-state index is -1.03. The molecular weight excluding hydrogens is 172 g/mol. The Morgan fingerprint density at radius 3 is 3.08 bits per heavy atom. The van der Waals surface area contributed by atoms with Crippen molar-refractivity contribution in [2.45, 2.75) is 0 Å². The number of carboxylic acids is 1. The fourth-order valence-electron chi connectivity index (χ4n) is 0.841. The van der Waals surface area contributed by atoms with Crippen LogP contribution in [-0.2, 0) is 0 Å². The molecule has 0 fully saturated rings. The van der Waals surface area contributed by atoms with Crippen molar-refractivity contribution in [3.8, 4) is 5.75 Å². The first kappa shape index (κ1) is 9.47. The fourth-order valence-corrected chi connectivity index (χ4v) is 0.841. The Hall–Kier alpha value is -1.62. The van der Waals surface area contributed by atoms with Gasteiger partial charge >= 0.3 is 5.97 Å². The maximum atomic E-state index is 10.6. The van der Waals surface area contributed by atoms with Crippen LogP contribution in [0.15, 0.2) is 18.5 Å². The Kier molecular flexibility index (Phi) is 3.22. The van der Waals surface area contributed by atoms with Crippen LogP contribution in [0.2, 0.25) is 0 Å². The van der Waals surface area contributed by atoms with Gasteiger partial charge in [0.15, 0.2) is 5.75 Å². The van der Waals surface area contributed by atoms with Crippen molar-refractivity contribution in [2.24, 2.45) is 5.73 Å². The zero-order chi connectivity index (χ0) is 9.68. The molecule has 0 aliphatic rings. The smallest absolute Gasteiger partial charge is 0.339 e. The number of pyridine rings is 1. The largest absolute Gasteiger partial charge is 0.490 e. The van der Waals surface area contributed by atoms with Crippen LogP contribution in [0.4, 0.5) is 0 Å². The van der Waals surface area contributed by atoms with E-state index >= 15 is 0 Å². The number of hydrogen-bond acceptors (Lipinski definition) is 4. The molecule has 0 radical (unpaired) electrons. The van der Waals surface area contributed by atoms with Crippen LogP contribution in [-0.4, -0.2) is 29.2 Å². The third kappa shape index (κ3) is 2.41. The van der Waals surface area contributed by atoms with Crippen molar-refractivity contribution in [2.75, 3.05) is 13.2 Å². The number of carbonyl (C=O) groups is 1. The molecule has 5 nitrogen and oxygen atoms in total. The molecule has 1 aromatic heterocycles. The second-order valence-corrected chi connectivity index (χ2v) is 2.31. The second-order valence-electron chi connectivity index (χ2n) is 2.31. The first-order valence-corrected chi connectivity index (χ1v) is 3.76. The summed E-state index contributed by atoms with van der Waals surface area (Å²) in [7, 11) is 0. The van der Waals surface area contributed by atoms with Gasteiger partial charge in [0.1, 0.15) is 12.2 Å². The van der Waals surface area contributed by atoms with Crippen molar-refractivity contribution in [1.29, 1.82) is 0 Å². The first-order chi connectivity index (χ1) is 6.25. The van der Waals surface area contributed by atoms with Crippen LogP contribution in [0.1, 0.15) is 10.4 Å². The number of carboxylic acid groups (broad SMARTS) is 1. The highest BCUT2D eigenvalue weighted by atomic mass is 16.5. The van der Waals surface area contributed by atoms with E-state index in [4.69, 9.17) is 15.6 Å². The van der Waals surface area contributed by atoms with Crippen molar-refractivity contribution in [1.82, 2.24) is 4.98 Å². The van der Waals surface area contributed by atoms with Gasteiger partial charge in [-0.05, 0) is 6.07 Å². The number of aromatic carboxylic acids is 1. The summed E-state index contributed by atoms with van der Waals surface area (Å²) in [5.74, 6) is -0.783. The number of nitrogens with zero attached hydrogens (tertiary/aromatic N) is 1. The third-order valence-electron chi connectivity index (χ3n) is 1.39. The van der Waals surface area contributed by atoms with Gasteiger partial charge in [-0.3, -0.25) is 4.98 Å². The molecule has 0 bridgehead atoms. The zero-order valence-corrected chi connectivity index (χ0v) is 6.93. The van der Waals surface area contributed by atoms with Crippen molar-refractivity contribution < 1.29 is 14.6 Å². The maximum Gasteiger partial charge on any atom is 0.339 e. The molecule has 5 heteroatoms. The van der Waals surface area contributed by atoms with E-state index in [9.17, 15) is 4.79 Å². The molecule has 13 heavy (non-hydrogen) atoms. The number of rotatable bonds is 4. The molecular formula is C8H10N2O3. The van der Waals surface area contributed by atoms with Crippen LogP contribution in [0.25, 0.3) is 0 Å². The Bertz CT molecular complexity index is 301. The molecule has 70 valence electrons. The van der Waals surface area contributed by atoms with Gasteiger partial charge in [-0.1, -0.05) is 0 Å². The average molecular weight is 182 g/mol. The third-order valence-corrected chi connectivity index (χ3v) is 1.39. The van der Waals surface area contributed by atoms with E-state index in [0.29, 0.717) is 6.54 Å². The number of hydrogen-bond donors (Lipinski definition) is 2. The Labute approximate surface area is 75.2 Å². The van der Waals surface area contributed by atoms with Gasteiger partial charge in [-0.25, -0.2) is 4.79 Å². The van der Waals surface area contributed by atoms with E-state index < -0.39 is 5.97 Å². The van der Waals surface area contributed by atoms with Gasteiger partial charge in [-0.15, -0.1) is 0 Å². The monoisotopic (exact) mass is 182 g/mol. The van der Waals surface area contributed by atoms with Crippen LogP contribution in [0.5, 0.6) is 5.75 Å². The minimum absolute atomic E-state index is 0.100. The summed E-state index contributed by atoms with van der Waals surface area (Å²) >= 11 is 0. The molecule has 0 amide bonds. The quantitative estimate of drug-likeness (QED) is 0.690. The Balaban J connectivity index is 2.84. The van der Waals surface area contributed by atoms with E-state index in [1.54, 1.807) is 0 Å². The van der Waals surface area contributed by atoms with E-state index in [2.05, 4.69) is 4.98 Å². The SMILES string of the molecule is NCCOc1cnccc1C(=O)O. The lowest BCUT2D eigenvalue weighted by molar-refractivity contribution is 0.0692. The Morgan fingerprint density at radius 2 is 2.46 bits per heavy atom. The molecule has 0 aliphatic carbocycles. The molecule has 0 aliphatic heterocycles. The van der Waals surface area contributed by atoms with Crippen molar-refractivity contribution >= 4 is 5.97 Å². The molecule has 0 saturated heterocycles. The minimum Gasteiger partial charge on any atom is -0.490 e. The summed E-state index contributed by atoms with van der Waals surface area (Å²) in [6.45, 7) is 0.625. The molecule has 1 aromatic rings. The summed E-state index contributed by atoms with van der Waals surface area (Å²) < 4.78 is 5.08. The zero-order valence-electron chi connectivity index (χ0n) is 6.93. The molecule has 0 spiro atoms. The highest BCUT2D eigenvalue weighted by Crippen LogP contribution is 2.15. The van der Waals surface area contributed by atoms with Gasteiger partial charge < -0.3 is 15.6 Å². The fraction of sp³-hybridized carbons (Fsp3) is 0.250. The van der Waals surface area contributed by atoms with Crippen LogP contribution in [0.3, 0.4) is 0 Å². The van der Waals surface area contributed by atoms with E-state index in [1.807, 2.05) is 0 Å². The average Bonchev–Trinajstić information content (AvgIpc) is 2.15. The summed E-state index contributed by atoms with van der Waals surface area (Å²) in [5, 5.41) is 8.73. The van der Waals surface area contributed by atoms with Crippen LogP contribution in [0, 0.1) is 0 Å².